The maximum atomic E-state index is 12.5. The van der Waals surface area contributed by atoms with Gasteiger partial charge in [-0.25, -0.2) is 0 Å². The standard InChI is InChI=1S/C20H16Cl2N2O3S/c1-2-12-3-7-15(8-4-12)23-18(25)11-24-19(26)17(28-20(24)27)9-13-5-6-14(21)10-16(13)22/h3-10H,2,11H2,1H3,(H,23,25)/b17-9+. The van der Waals surface area contributed by atoms with E-state index in [1.807, 2.05) is 19.1 Å². The molecule has 0 atom stereocenters. The number of amides is 3. The van der Waals surface area contributed by atoms with Gasteiger partial charge >= 0.3 is 0 Å². The van der Waals surface area contributed by atoms with Crippen LogP contribution in [0.2, 0.25) is 10.0 Å². The maximum absolute atomic E-state index is 12.5. The normalized spacial score (nSPS) is 15.4. The van der Waals surface area contributed by atoms with Gasteiger partial charge in [0, 0.05) is 15.7 Å². The zero-order valence-corrected chi connectivity index (χ0v) is 17.2. The number of thioether (sulfide) groups is 1. The number of carbonyl (C=O) groups is 3. The van der Waals surface area contributed by atoms with Crippen molar-refractivity contribution in [2.75, 3.05) is 11.9 Å². The first-order valence-electron chi connectivity index (χ1n) is 8.46. The van der Waals surface area contributed by atoms with Crippen molar-refractivity contribution in [3.05, 3.63) is 68.5 Å². The fourth-order valence-corrected chi connectivity index (χ4v) is 3.86. The quantitative estimate of drug-likeness (QED) is 0.654. The Hall–Kier alpha value is -2.28. The molecule has 0 aliphatic carbocycles. The smallest absolute Gasteiger partial charge is 0.294 e. The van der Waals surface area contributed by atoms with Crippen LogP contribution in [0.3, 0.4) is 0 Å². The Morgan fingerprint density at radius 3 is 2.50 bits per heavy atom. The van der Waals surface area contributed by atoms with E-state index in [-0.39, 0.29) is 11.4 Å². The van der Waals surface area contributed by atoms with Crippen LogP contribution in [0.25, 0.3) is 6.08 Å². The number of hydrogen-bond donors (Lipinski definition) is 1. The van der Waals surface area contributed by atoms with Gasteiger partial charge in [0.1, 0.15) is 6.54 Å². The monoisotopic (exact) mass is 434 g/mol. The van der Waals surface area contributed by atoms with E-state index in [0.717, 1.165) is 28.6 Å². The van der Waals surface area contributed by atoms with Gasteiger partial charge in [-0.2, -0.15) is 0 Å². The van der Waals surface area contributed by atoms with Crippen molar-refractivity contribution in [1.82, 2.24) is 4.90 Å². The highest BCUT2D eigenvalue weighted by Crippen LogP contribution is 2.34. The van der Waals surface area contributed by atoms with Gasteiger partial charge < -0.3 is 5.32 Å². The van der Waals surface area contributed by atoms with Gasteiger partial charge in [-0.05, 0) is 59.7 Å². The highest BCUT2D eigenvalue weighted by molar-refractivity contribution is 8.18. The summed E-state index contributed by atoms with van der Waals surface area (Å²) in [7, 11) is 0. The molecule has 3 amide bonds. The van der Waals surface area contributed by atoms with E-state index in [2.05, 4.69) is 5.32 Å². The number of anilines is 1. The Morgan fingerprint density at radius 1 is 1.14 bits per heavy atom. The number of nitrogens with one attached hydrogen (secondary N) is 1. The zero-order chi connectivity index (χ0) is 20.3. The largest absolute Gasteiger partial charge is 0.325 e. The minimum absolute atomic E-state index is 0.203. The summed E-state index contributed by atoms with van der Waals surface area (Å²) in [6, 6.07) is 12.2. The van der Waals surface area contributed by atoms with Crippen LogP contribution in [-0.2, 0) is 16.0 Å². The second-order valence-corrected chi connectivity index (χ2v) is 7.87. The van der Waals surface area contributed by atoms with Crippen molar-refractivity contribution in [2.45, 2.75) is 13.3 Å². The summed E-state index contributed by atoms with van der Waals surface area (Å²) in [6.45, 7) is 1.68. The van der Waals surface area contributed by atoms with E-state index in [4.69, 9.17) is 23.2 Å². The summed E-state index contributed by atoms with van der Waals surface area (Å²) in [6.07, 6.45) is 2.42. The molecule has 0 radical (unpaired) electrons. The van der Waals surface area contributed by atoms with Crippen LogP contribution in [0, 0.1) is 0 Å². The molecule has 1 saturated heterocycles. The molecule has 1 N–H and O–H groups in total. The lowest BCUT2D eigenvalue weighted by atomic mass is 10.1. The van der Waals surface area contributed by atoms with Crippen molar-refractivity contribution in [1.29, 1.82) is 0 Å². The van der Waals surface area contributed by atoms with Gasteiger partial charge in [-0.15, -0.1) is 0 Å². The van der Waals surface area contributed by atoms with Crippen molar-refractivity contribution in [3.63, 3.8) is 0 Å². The fraction of sp³-hybridized carbons (Fsp3) is 0.150. The van der Waals surface area contributed by atoms with Crippen LogP contribution >= 0.6 is 35.0 Å². The Balaban J connectivity index is 1.69. The molecule has 2 aromatic carbocycles. The average Bonchev–Trinajstić information content (AvgIpc) is 2.92. The predicted molar refractivity (Wildman–Crippen MR) is 114 cm³/mol. The second-order valence-electron chi connectivity index (χ2n) is 6.03. The molecule has 0 aromatic heterocycles. The molecule has 8 heteroatoms. The molecule has 0 saturated carbocycles. The number of hydrogen-bond acceptors (Lipinski definition) is 4. The number of aryl methyl sites for hydroxylation is 1. The average molecular weight is 435 g/mol. The first kappa shape index (κ1) is 20.5. The number of benzene rings is 2. The van der Waals surface area contributed by atoms with Crippen LogP contribution in [0.5, 0.6) is 0 Å². The third-order valence-corrected chi connectivity index (χ3v) is 5.54. The fourth-order valence-electron chi connectivity index (χ4n) is 2.56. The molecule has 28 heavy (non-hydrogen) atoms. The first-order valence-corrected chi connectivity index (χ1v) is 10.0. The second kappa shape index (κ2) is 8.82. The summed E-state index contributed by atoms with van der Waals surface area (Å²) >= 11 is 12.7. The Morgan fingerprint density at radius 2 is 1.86 bits per heavy atom. The lowest BCUT2D eigenvalue weighted by molar-refractivity contribution is -0.127. The third kappa shape index (κ3) is 4.76. The number of rotatable bonds is 5. The predicted octanol–water partition coefficient (Wildman–Crippen LogP) is 5.23. The topological polar surface area (TPSA) is 66.5 Å². The summed E-state index contributed by atoms with van der Waals surface area (Å²) in [4.78, 5) is 38.1. The van der Waals surface area contributed by atoms with Gasteiger partial charge in [0.15, 0.2) is 0 Å². The van der Waals surface area contributed by atoms with Crippen LogP contribution in [-0.4, -0.2) is 28.5 Å². The molecule has 0 unspecified atom stereocenters. The summed E-state index contributed by atoms with van der Waals surface area (Å²) in [5.41, 5.74) is 2.32. The van der Waals surface area contributed by atoms with Crippen molar-refractivity contribution >= 4 is 63.8 Å². The van der Waals surface area contributed by atoms with Gasteiger partial charge in [0.2, 0.25) is 5.91 Å². The van der Waals surface area contributed by atoms with E-state index >= 15 is 0 Å². The molecule has 1 fully saturated rings. The molecular formula is C20H16Cl2N2O3S. The summed E-state index contributed by atoms with van der Waals surface area (Å²) in [5.74, 6) is -0.977. The van der Waals surface area contributed by atoms with Crippen molar-refractivity contribution < 1.29 is 14.4 Å². The molecule has 2 aromatic rings. The number of carbonyl (C=O) groups excluding carboxylic acids is 3. The number of halogens is 2. The van der Waals surface area contributed by atoms with E-state index in [1.54, 1.807) is 30.3 Å². The van der Waals surface area contributed by atoms with Gasteiger partial charge in [0.25, 0.3) is 11.1 Å². The third-order valence-electron chi connectivity index (χ3n) is 4.07. The van der Waals surface area contributed by atoms with Crippen LogP contribution in [0.4, 0.5) is 10.5 Å². The first-order chi connectivity index (χ1) is 13.4. The molecule has 0 spiro atoms. The van der Waals surface area contributed by atoms with E-state index in [1.165, 1.54) is 6.08 Å². The molecule has 144 valence electrons. The SMILES string of the molecule is CCc1ccc(NC(=O)CN2C(=O)S/C(=C/c3ccc(Cl)cc3Cl)C2=O)cc1. The van der Waals surface area contributed by atoms with E-state index in [0.29, 0.717) is 21.3 Å². The van der Waals surface area contributed by atoms with E-state index < -0.39 is 17.1 Å². The van der Waals surface area contributed by atoms with Crippen molar-refractivity contribution in [3.8, 4) is 0 Å². The molecule has 1 heterocycles. The molecular weight excluding hydrogens is 419 g/mol. The highest BCUT2D eigenvalue weighted by Gasteiger charge is 2.36. The Bertz CT molecular complexity index is 974. The van der Waals surface area contributed by atoms with Crippen molar-refractivity contribution in [2.24, 2.45) is 0 Å². The van der Waals surface area contributed by atoms with Gasteiger partial charge in [-0.3, -0.25) is 19.3 Å². The highest BCUT2D eigenvalue weighted by atomic mass is 35.5. The Labute approximate surface area is 176 Å². The minimum atomic E-state index is -0.530. The van der Waals surface area contributed by atoms with Crippen LogP contribution < -0.4 is 5.32 Å². The number of imide groups is 1. The van der Waals surface area contributed by atoms with E-state index in [9.17, 15) is 14.4 Å². The molecule has 1 aliphatic rings. The number of nitrogens with zero attached hydrogens (tertiary/aromatic N) is 1. The van der Waals surface area contributed by atoms with Crippen LogP contribution in [0.1, 0.15) is 18.1 Å². The van der Waals surface area contributed by atoms with Gasteiger partial charge in [-0.1, -0.05) is 48.3 Å². The minimum Gasteiger partial charge on any atom is -0.325 e. The Kier molecular flexibility index (Phi) is 6.44. The lowest BCUT2D eigenvalue weighted by Crippen LogP contribution is -2.36. The van der Waals surface area contributed by atoms with Crippen LogP contribution in [0.15, 0.2) is 47.4 Å². The molecule has 3 rings (SSSR count). The van der Waals surface area contributed by atoms with Gasteiger partial charge in [0.05, 0.1) is 4.91 Å². The molecule has 5 nitrogen and oxygen atoms in total. The zero-order valence-electron chi connectivity index (χ0n) is 14.9. The lowest BCUT2D eigenvalue weighted by Gasteiger charge is -2.12. The molecule has 1 aliphatic heterocycles. The molecule has 0 bridgehead atoms. The maximum Gasteiger partial charge on any atom is 0.294 e. The summed E-state index contributed by atoms with van der Waals surface area (Å²) < 4.78 is 0. The summed E-state index contributed by atoms with van der Waals surface area (Å²) in [5, 5.41) is 3.03.